The van der Waals surface area contributed by atoms with Gasteiger partial charge in [-0.2, -0.15) is 0 Å². The number of quaternary nitrogens is 2. The third-order valence-corrected chi connectivity index (χ3v) is 7.95. The van der Waals surface area contributed by atoms with Crippen LogP contribution in [0.25, 0.3) is 0 Å². The molecule has 10 heteroatoms. The summed E-state index contributed by atoms with van der Waals surface area (Å²) in [5.74, 6) is 0.659. The zero-order valence-electron chi connectivity index (χ0n) is 23.2. The van der Waals surface area contributed by atoms with Gasteiger partial charge in [0.05, 0.1) is 37.4 Å². The lowest BCUT2D eigenvalue weighted by molar-refractivity contribution is -1.02. The van der Waals surface area contributed by atoms with Gasteiger partial charge in [-0.3, -0.25) is 19.2 Å². The molecule has 10 nitrogen and oxygen atoms in total. The molecule has 0 unspecified atom stereocenters. The van der Waals surface area contributed by atoms with Gasteiger partial charge in [-0.15, -0.1) is 0 Å². The Hall–Kier alpha value is -3.76. The molecule has 2 N–H and O–H groups in total. The van der Waals surface area contributed by atoms with Crippen molar-refractivity contribution in [3.8, 4) is 11.5 Å². The highest BCUT2D eigenvalue weighted by Gasteiger charge is 2.50. The minimum atomic E-state index is -0.434. The molecule has 3 heterocycles. The molecule has 3 aliphatic heterocycles. The van der Waals surface area contributed by atoms with E-state index in [1.807, 2.05) is 13.8 Å². The van der Waals surface area contributed by atoms with Crippen molar-refractivity contribution in [3.05, 3.63) is 48.5 Å². The maximum Gasteiger partial charge on any atom is 0.292 e. The maximum absolute atomic E-state index is 13.3. The number of amides is 4. The van der Waals surface area contributed by atoms with Crippen LogP contribution in [-0.4, -0.2) is 75.1 Å². The average Bonchev–Trinajstić information content (AvgIpc) is 3.44. The Labute approximate surface area is 234 Å². The molecular weight excluding hydrogens is 512 g/mol. The van der Waals surface area contributed by atoms with Crippen LogP contribution >= 0.6 is 0 Å². The maximum atomic E-state index is 13.3. The van der Waals surface area contributed by atoms with E-state index < -0.39 is 12.1 Å². The molecule has 5 rings (SSSR count). The summed E-state index contributed by atoms with van der Waals surface area (Å²) < 4.78 is 11.2. The number of anilines is 2. The summed E-state index contributed by atoms with van der Waals surface area (Å²) in [5.41, 5.74) is 1.12. The Bertz CT molecular complexity index is 1140. The lowest BCUT2D eigenvalue weighted by Crippen LogP contribution is -3.31. The van der Waals surface area contributed by atoms with E-state index in [1.165, 1.54) is 9.80 Å². The SMILES string of the molecule is CCCOc1ccc(N2C(=O)C[C@@H]([NH+]3CC[NH+]([C@H]4CC(=O)N(c5ccc(OCCC)cc5)C4=O)CC3)C2=O)cc1. The molecule has 3 aliphatic rings. The first-order valence-corrected chi connectivity index (χ1v) is 14.3. The average molecular weight is 551 g/mol. The number of carbonyl (C=O) groups is 4. The van der Waals surface area contributed by atoms with Crippen LogP contribution in [0.1, 0.15) is 39.5 Å². The first-order valence-electron chi connectivity index (χ1n) is 14.3. The summed E-state index contributed by atoms with van der Waals surface area (Å²) in [7, 11) is 0. The number of rotatable bonds is 10. The summed E-state index contributed by atoms with van der Waals surface area (Å²) >= 11 is 0. The van der Waals surface area contributed by atoms with E-state index in [-0.39, 0.29) is 36.5 Å². The van der Waals surface area contributed by atoms with Gasteiger partial charge >= 0.3 is 0 Å². The van der Waals surface area contributed by atoms with Crippen molar-refractivity contribution in [1.29, 1.82) is 0 Å². The van der Waals surface area contributed by atoms with Gasteiger partial charge in [-0.05, 0) is 61.4 Å². The summed E-state index contributed by atoms with van der Waals surface area (Å²) in [5, 5.41) is 0. The zero-order chi connectivity index (χ0) is 28.2. The molecular formula is C30H38N4O6+2. The van der Waals surface area contributed by atoms with Crippen molar-refractivity contribution in [2.24, 2.45) is 0 Å². The summed E-state index contributed by atoms with van der Waals surface area (Å²) in [6.45, 7) is 7.89. The van der Waals surface area contributed by atoms with Gasteiger partial charge in [0, 0.05) is 0 Å². The van der Waals surface area contributed by atoms with Gasteiger partial charge in [0.15, 0.2) is 12.1 Å². The molecule has 0 spiro atoms. The molecule has 4 amide bonds. The second kappa shape index (κ2) is 12.2. The fourth-order valence-corrected chi connectivity index (χ4v) is 5.86. The lowest BCUT2D eigenvalue weighted by atomic mass is 10.1. The molecule has 3 fully saturated rings. The highest BCUT2D eigenvalue weighted by Crippen LogP contribution is 2.26. The van der Waals surface area contributed by atoms with E-state index in [1.54, 1.807) is 48.5 Å². The number of imide groups is 2. The number of hydrogen-bond donors (Lipinski definition) is 2. The van der Waals surface area contributed by atoms with E-state index >= 15 is 0 Å². The first-order chi connectivity index (χ1) is 19.4. The van der Waals surface area contributed by atoms with Crippen LogP contribution in [0.5, 0.6) is 11.5 Å². The number of nitrogens with one attached hydrogen (secondary N) is 2. The van der Waals surface area contributed by atoms with Crippen LogP contribution in [0.2, 0.25) is 0 Å². The van der Waals surface area contributed by atoms with Crippen LogP contribution in [0, 0.1) is 0 Å². The van der Waals surface area contributed by atoms with E-state index in [4.69, 9.17) is 9.47 Å². The fourth-order valence-electron chi connectivity index (χ4n) is 5.86. The van der Waals surface area contributed by atoms with Gasteiger partial charge in [0.1, 0.15) is 37.7 Å². The van der Waals surface area contributed by atoms with Gasteiger partial charge in [-0.25, -0.2) is 9.80 Å². The first kappa shape index (κ1) is 27.8. The number of piperazine rings is 1. The largest absolute Gasteiger partial charge is 0.494 e. The van der Waals surface area contributed by atoms with Crippen molar-refractivity contribution in [2.75, 3.05) is 49.2 Å². The quantitative estimate of drug-likeness (QED) is 0.405. The van der Waals surface area contributed by atoms with Crippen LogP contribution in [-0.2, 0) is 19.2 Å². The smallest absolute Gasteiger partial charge is 0.292 e. The molecule has 0 aromatic heterocycles. The molecule has 0 aliphatic carbocycles. The van der Waals surface area contributed by atoms with E-state index in [9.17, 15) is 19.2 Å². The Balaban J connectivity index is 1.18. The molecule has 2 atom stereocenters. The molecule has 0 radical (unpaired) electrons. The van der Waals surface area contributed by atoms with Crippen LogP contribution in [0.4, 0.5) is 11.4 Å². The van der Waals surface area contributed by atoms with E-state index in [0.29, 0.717) is 62.3 Å². The minimum Gasteiger partial charge on any atom is -0.494 e. The van der Waals surface area contributed by atoms with E-state index in [2.05, 4.69) is 0 Å². The molecule has 0 saturated carbocycles. The van der Waals surface area contributed by atoms with Gasteiger partial charge in [0.2, 0.25) is 11.8 Å². The van der Waals surface area contributed by atoms with Crippen molar-refractivity contribution in [1.82, 2.24) is 0 Å². The number of hydrogen-bond acceptors (Lipinski definition) is 6. The van der Waals surface area contributed by atoms with Gasteiger partial charge in [0.25, 0.3) is 11.8 Å². The third kappa shape index (κ3) is 5.59. The number of benzene rings is 2. The molecule has 0 bridgehead atoms. The predicted octanol–water partition coefficient (Wildman–Crippen LogP) is 0.0116. The van der Waals surface area contributed by atoms with Gasteiger partial charge < -0.3 is 19.3 Å². The highest BCUT2D eigenvalue weighted by atomic mass is 16.5. The Kier molecular flexibility index (Phi) is 8.46. The zero-order valence-corrected chi connectivity index (χ0v) is 23.2. The van der Waals surface area contributed by atoms with Crippen LogP contribution in [0.15, 0.2) is 48.5 Å². The van der Waals surface area contributed by atoms with Crippen molar-refractivity contribution < 1.29 is 38.5 Å². The topological polar surface area (TPSA) is 102 Å². The van der Waals surface area contributed by atoms with Gasteiger partial charge in [-0.1, -0.05) is 13.8 Å². The second-order valence-corrected chi connectivity index (χ2v) is 10.6. The van der Waals surface area contributed by atoms with Crippen molar-refractivity contribution in [2.45, 2.75) is 51.6 Å². The van der Waals surface area contributed by atoms with Crippen molar-refractivity contribution in [3.63, 3.8) is 0 Å². The van der Waals surface area contributed by atoms with Crippen LogP contribution in [0.3, 0.4) is 0 Å². The number of carbonyl (C=O) groups excluding carboxylic acids is 4. The Morgan fingerprint density at radius 2 is 0.975 bits per heavy atom. The molecule has 2 aromatic carbocycles. The second-order valence-electron chi connectivity index (χ2n) is 10.6. The normalized spacial score (nSPS) is 25.1. The highest BCUT2D eigenvalue weighted by molar-refractivity contribution is 6.22. The molecule has 40 heavy (non-hydrogen) atoms. The lowest BCUT2D eigenvalue weighted by Gasteiger charge is -2.34. The molecule has 212 valence electrons. The van der Waals surface area contributed by atoms with E-state index in [0.717, 1.165) is 22.6 Å². The Morgan fingerprint density at radius 1 is 0.625 bits per heavy atom. The monoisotopic (exact) mass is 550 g/mol. The molecule has 2 aromatic rings. The van der Waals surface area contributed by atoms with Crippen LogP contribution < -0.4 is 29.1 Å². The molecule has 3 saturated heterocycles. The minimum absolute atomic E-state index is 0.171. The standard InChI is InChI=1S/C30H36N4O6/c1-3-17-39-23-9-5-21(6-10-23)33-27(35)19-25(29(33)37)31-13-15-32(16-14-31)26-20-28(36)34(30(26)38)22-7-11-24(12-8-22)40-18-4-2/h5-12,25-26H,3-4,13-20H2,1-2H3/p+2/t25-,26+. The summed E-state index contributed by atoms with van der Waals surface area (Å²) in [6.07, 6.45) is 2.14. The Morgan fingerprint density at radius 3 is 1.30 bits per heavy atom. The third-order valence-electron chi connectivity index (χ3n) is 7.95. The summed E-state index contributed by atoms with van der Waals surface area (Å²) in [6, 6.07) is 13.3. The van der Waals surface area contributed by atoms with Crippen molar-refractivity contribution >= 4 is 35.0 Å². The number of ether oxygens (including phenoxy) is 2. The summed E-state index contributed by atoms with van der Waals surface area (Å²) in [4.78, 5) is 57.0. The number of nitrogens with zero attached hydrogens (tertiary/aromatic N) is 2. The fraction of sp³-hybridized carbons (Fsp3) is 0.467. The predicted molar refractivity (Wildman–Crippen MR) is 148 cm³/mol.